The Labute approximate surface area is 114 Å². The molecule has 1 aromatic carbocycles. The first-order valence-electron chi connectivity index (χ1n) is 5.82. The highest BCUT2D eigenvalue weighted by Gasteiger charge is 2.30. The number of thioether (sulfide) groups is 1. The molecule has 2 nitrogen and oxygen atoms in total. The van der Waals surface area contributed by atoms with E-state index in [1.807, 2.05) is 0 Å². The van der Waals surface area contributed by atoms with Gasteiger partial charge >= 0.3 is 12.1 Å². The van der Waals surface area contributed by atoms with Crippen molar-refractivity contribution in [3.05, 3.63) is 29.8 Å². The lowest BCUT2D eigenvalue weighted by Crippen LogP contribution is -2.10. The second-order valence-corrected chi connectivity index (χ2v) is 5.48. The van der Waals surface area contributed by atoms with E-state index in [-0.39, 0.29) is 17.6 Å². The molecule has 1 rings (SSSR count). The highest BCUT2D eigenvalue weighted by molar-refractivity contribution is 8.00. The Bertz CT molecular complexity index is 432. The van der Waals surface area contributed by atoms with E-state index in [1.165, 1.54) is 17.8 Å². The number of carbonyl (C=O) groups is 1. The van der Waals surface area contributed by atoms with E-state index in [0.29, 0.717) is 11.5 Å². The predicted octanol–water partition coefficient (Wildman–Crippen LogP) is 4.14. The molecule has 0 saturated heterocycles. The molecule has 1 aromatic rings. The van der Waals surface area contributed by atoms with E-state index < -0.39 is 11.7 Å². The van der Waals surface area contributed by atoms with Gasteiger partial charge in [0, 0.05) is 10.1 Å². The molecule has 1 unspecified atom stereocenters. The number of esters is 1. The summed E-state index contributed by atoms with van der Waals surface area (Å²) < 4.78 is 42.4. The number of rotatable bonds is 5. The van der Waals surface area contributed by atoms with Crippen LogP contribution in [0.2, 0.25) is 0 Å². The normalized spacial score (nSPS) is 13.1. The Balaban J connectivity index is 2.64. The predicted molar refractivity (Wildman–Crippen MR) is 68.0 cm³/mol. The van der Waals surface area contributed by atoms with E-state index in [0.717, 1.165) is 12.1 Å². The summed E-state index contributed by atoms with van der Waals surface area (Å²) in [6.07, 6.45) is -4.17. The van der Waals surface area contributed by atoms with Crippen LogP contribution in [0.15, 0.2) is 29.2 Å². The fourth-order valence-corrected chi connectivity index (χ4v) is 2.51. The molecule has 0 bridgehead atoms. The zero-order valence-electron chi connectivity index (χ0n) is 10.7. The molecular weight excluding hydrogens is 277 g/mol. The van der Waals surface area contributed by atoms with Crippen LogP contribution in [0, 0.1) is 0 Å². The fourth-order valence-electron chi connectivity index (χ4n) is 1.47. The SMILES string of the molecule is CCOC(=O)CC(C)Sc1cccc(C(F)(F)F)c1. The molecule has 0 heterocycles. The van der Waals surface area contributed by atoms with Gasteiger partial charge in [0.15, 0.2) is 0 Å². The van der Waals surface area contributed by atoms with Gasteiger partial charge in [-0.15, -0.1) is 11.8 Å². The van der Waals surface area contributed by atoms with Crippen LogP contribution in [0.3, 0.4) is 0 Å². The first-order chi connectivity index (χ1) is 8.82. The largest absolute Gasteiger partial charge is 0.466 e. The summed E-state index contributed by atoms with van der Waals surface area (Å²) in [4.78, 5) is 11.7. The number of hydrogen-bond donors (Lipinski definition) is 0. The summed E-state index contributed by atoms with van der Waals surface area (Å²) >= 11 is 1.23. The van der Waals surface area contributed by atoms with Gasteiger partial charge in [0.25, 0.3) is 0 Å². The van der Waals surface area contributed by atoms with Gasteiger partial charge in [0.05, 0.1) is 18.6 Å². The van der Waals surface area contributed by atoms with Crippen molar-refractivity contribution < 1.29 is 22.7 Å². The minimum atomic E-state index is -4.35. The average Bonchev–Trinajstić information content (AvgIpc) is 2.28. The van der Waals surface area contributed by atoms with Crippen LogP contribution in [0.1, 0.15) is 25.8 Å². The van der Waals surface area contributed by atoms with Gasteiger partial charge in [-0.05, 0) is 25.1 Å². The number of hydrogen-bond acceptors (Lipinski definition) is 3. The lowest BCUT2D eigenvalue weighted by Gasteiger charge is -2.12. The van der Waals surface area contributed by atoms with Crippen LogP contribution >= 0.6 is 11.8 Å². The molecule has 0 amide bonds. The number of halogens is 3. The number of carbonyl (C=O) groups excluding carboxylic acids is 1. The van der Waals surface area contributed by atoms with Gasteiger partial charge in [-0.2, -0.15) is 13.2 Å². The molecule has 0 aliphatic heterocycles. The standard InChI is InChI=1S/C13H15F3O2S/c1-3-18-12(17)7-9(2)19-11-6-4-5-10(8-11)13(14,15)16/h4-6,8-9H,3,7H2,1-2H3. The Morgan fingerprint density at radius 1 is 1.42 bits per heavy atom. The van der Waals surface area contributed by atoms with Gasteiger partial charge in [-0.25, -0.2) is 0 Å². The molecule has 19 heavy (non-hydrogen) atoms. The van der Waals surface area contributed by atoms with Crippen LogP contribution < -0.4 is 0 Å². The topological polar surface area (TPSA) is 26.3 Å². The lowest BCUT2D eigenvalue weighted by atomic mass is 10.2. The highest BCUT2D eigenvalue weighted by Crippen LogP contribution is 2.33. The van der Waals surface area contributed by atoms with E-state index in [2.05, 4.69) is 0 Å². The maximum absolute atomic E-state index is 12.5. The van der Waals surface area contributed by atoms with Crippen molar-refractivity contribution in [2.45, 2.75) is 36.6 Å². The van der Waals surface area contributed by atoms with Crippen molar-refractivity contribution in [2.75, 3.05) is 6.61 Å². The average molecular weight is 292 g/mol. The molecule has 0 aliphatic rings. The lowest BCUT2D eigenvalue weighted by molar-refractivity contribution is -0.143. The second kappa shape index (κ2) is 6.84. The quantitative estimate of drug-likeness (QED) is 0.602. The molecule has 0 saturated carbocycles. The van der Waals surface area contributed by atoms with Gasteiger partial charge < -0.3 is 4.74 Å². The van der Waals surface area contributed by atoms with Crippen molar-refractivity contribution in [3.8, 4) is 0 Å². The van der Waals surface area contributed by atoms with Crippen molar-refractivity contribution >= 4 is 17.7 Å². The van der Waals surface area contributed by atoms with Gasteiger partial charge in [0.2, 0.25) is 0 Å². The maximum Gasteiger partial charge on any atom is 0.416 e. The molecular formula is C13H15F3O2S. The van der Waals surface area contributed by atoms with Gasteiger partial charge in [-0.1, -0.05) is 13.0 Å². The molecule has 0 N–H and O–H groups in total. The Morgan fingerprint density at radius 2 is 2.11 bits per heavy atom. The van der Waals surface area contributed by atoms with E-state index in [9.17, 15) is 18.0 Å². The van der Waals surface area contributed by atoms with Crippen molar-refractivity contribution in [2.24, 2.45) is 0 Å². The van der Waals surface area contributed by atoms with Crippen LogP contribution in [-0.4, -0.2) is 17.8 Å². The van der Waals surface area contributed by atoms with Crippen molar-refractivity contribution in [3.63, 3.8) is 0 Å². The Kier molecular flexibility index (Phi) is 5.72. The summed E-state index contributed by atoms with van der Waals surface area (Å²) in [6.45, 7) is 3.80. The summed E-state index contributed by atoms with van der Waals surface area (Å²) in [6, 6.07) is 5.08. The molecule has 6 heteroatoms. The maximum atomic E-state index is 12.5. The number of ether oxygens (including phenoxy) is 1. The van der Waals surface area contributed by atoms with E-state index >= 15 is 0 Å². The van der Waals surface area contributed by atoms with E-state index in [1.54, 1.807) is 19.9 Å². The molecule has 0 aliphatic carbocycles. The fraction of sp³-hybridized carbons (Fsp3) is 0.462. The van der Waals surface area contributed by atoms with Crippen molar-refractivity contribution in [1.82, 2.24) is 0 Å². The third-order valence-electron chi connectivity index (χ3n) is 2.26. The minimum absolute atomic E-state index is 0.137. The number of benzene rings is 1. The first kappa shape index (κ1) is 15.9. The van der Waals surface area contributed by atoms with Gasteiger partial charge in [-0.3, -0.25) is 4.79 Å². The molecule has 106 valence electrons. The third-order valence-corrected chi connectivity index (χ3v) is 3.35. The van der Waals surface area contributed by atoms with Crippen LogP contribution in [0.25, 0.3) is 0 Å². The monoisotopic (exact) mass is 292 g/mol. The summed E-state index contributed by atoms with van der Waals surface area (Å²) in [5.74, 6) is -0.338. The van der Waals surface area contributed by atoms with Crippen LogP contribution in [0.5, 0.6) is 0 Å². The smallest absolute Gasteiger partial charge is 0.416 e. The highest BCUT2D eigenvalue weighted by atomic mass is 32.2. The zero-order chi connectivity index (χ0) is 14.5. The molecule has 0 radical (unpaired) electrons. The minimum Gasteiger partial charge on any atom is -0.466 e. The van der Waals surface area contributed by atoms with Crippen LogP contribution in [0.4, 0.5) is 13.2 Å². The van der Waals surface area contributed by atoms with E-state index in [4.69, 9.17) is 4.74 Å². The molecule has 0 aromatic heterocycles. The summed E-state index contributed by atoms with van der Waals surface area (Å²) in [7, 11) is 0. The summed E-state index contributed by atoms with van der Waals surface area (Å²) in [5, 5.41) is -0.137. The second-order valence-electron chi connectivity index (χ2n) is 3.96. The molecule has 0 spiro atoms. The Morgan fingerprint density at radius 3 is 2.68 bits per heavy atom. The third kappa shape index (κ3) is 5.55. The Hall–Kier alpha value is -1.17. The van der Waals surface area contributed by atoms with Gasteiger partial charge in [0.1, 0.15) is 0 Å². The van der Waals surface area contributed by atoms with Crippen LogP contribution in [-0.2, 0) is 15.7 Å². The first-order valence-corrected chi connectivity index (χ1v) is 6.70. The molecule has 1 atom stereocenters. The number of alkyl halides is 3. The summed E-state index contributed by atoms with van der Waals surface area (Å²) in [5.41, 5.74) is -0.680. The molecule has 0 fully saturated rings. The zero-order valence-corrected chi connectivity index (χ0v) is 11.5. The van der Waals surface area contributed by atoms with Crippen molar-refractivity contribution in [1.29, 1.82) is 0 Å².